The Morgan fingerprint density at radius 3 is 1.26 bits per heavy atom. The molecule has 14 heteroatoms. The van der Waals surface area contributed by atoms with Crippen LogP contribution in [0, 0.1) is 32.0 Å². The molecular formula is C9H12N3O7PS3. The van der Waals surface area contributed by atoms with E-state index >= 15 is 0 Å². The van der Waals surface area contributed by atoms with E-state index in [0.717, 1.165) is 35.3 Å². The van der Waals surface area contributed by atoms with Gasteiger partial charge in [0.15, 0.2) is 0 Å². The fraction of sp³-hybridized carbons (Fsp3) is 0.667. The molecule has 0 fully saturated rings. The lowest BCUT2D eigenvalue weighted by Gasteiger charge is -2.14. The second-order valence-corrected chi connectivity index (χ2v) is 6.94. The second kappa shape index (κ2) is 16.4. The standard InChI is InChI=1S/C9H12N3O7PS3/c10-7-21-4-1-14-17-20(13,18-15-2-5-22-8-11)19-16-3-6-23-9-12/h1-6H2. The van der Waals surface area contributed by atoms with Crippen LogP contribution in [0.5, 0.6) is 0 Å². The van der Waals surface area contributed by atoms with Crippen LogP contribution in [0.1, 0.15) is 0 Å². The highest BCUT2D eigenvalue weighted by atomic mass is 32.2. The van der Waals surface area contributed by atoms with Crippen LogP contribution in [0.2, 0.25) is 0 Å². The summed E-state index contributed by atoms with van der Waals surface area (Å²) in [5.74, 6) is 0.821. The minimum Gasteiger partial charge on any atom is -0.225 e. The van der Waals surface area contributed by atoms with E-state index in [4.69, 9.17) is 15.8 Å². The predicted molar refractivity (Wildman–Crippen MR) is 82.9 cm³/mol. The van der Waals surface area contributed by atoms with Crippen molar-refractivity contribution in [2.24, 2.45) is 0 Å². The summed E-state index contributed by atoms with van der Waals surface area (Å²) in [5.41, 5.74) is 0. The van der Waals surface area contributed by atoms with Gasteiger partial charge in [-0.1, -0.05) is 0 Å². The van der Waals surface area contributed by atoms with Crippen molar-refractivity contribution in [3.05, 3.63) is 0 Å². The molecule has 0 rings (SSSR count). The zero-order valence-electron chi connectivity index (χ0n) is 11.6. The molecule has 0 aromatic rings. The molecule has 128 valence electrons. The van der Waals surface area contributed by atoms with Crippen LogP contribution in [0.25, 0.3) is 0 Å². The Hall–Kier alpha value is -0.490. The second-order valence-electron chi connectivity index (χ2n) is 2.96. The lowest BCUT2D eigenvalue weighted by atomic mass is 10.9. The van der Waals surface area contributed by atoms with Crippen LogP contribution in [0.15, 0.2) is 0 Å². The first-order valence-electron chi connectivity index (χ1n) is 5.75. The zero-order chi connectivity index (χ0) is 17.2. The number of rotatable bonds is 15. The van der Waals surface area contributed by atoms with Gasteiger partial charge >= 0.3 is 7.82 Å². The fourth-order valence-corrected chi connectivity index (χ4v) is 2.12. The Bertz CT molecular complexity index is 412. The Labute approximate surface area is 145 Å². The van der Waals surface area contributed by atoms with Crippen molar-refractivity contribution in [1.82, 2.24) is 0 Å². The normalized spacial score (nSPS) is 10.7. The number of hydrogen-bond donors (Lipinski definition) is 0. The third-order valence-electron chi connectivity index (χ3n) is 1.43. The number of nitrogens with zero attached hydrogens (tertiary/aromatic N) is 3. The molecule has 10 nitrogen and oxygen atoms in total. The van der Waals surface area contributed by atoms with Gasteiger partial charge in [-0.15, -0.1) is 14.0 Å². The molecule has 0 atom stereocenters. The topological polar surface area (TPSA) is 144 Å². The van der Waals surface area contributed by atoms with Crippen molar-refractivity contribution in [3.8, 4) is 16.2 Å². The molecule has 0 saturated carbocycles. The molecule has 0 aliphatic heterocycles. The Balaban J connectivity index is 4.12. The van der Waals surface area contributed by atoms with E-state index in [1.165, 1.54) is 0 Å². The average molecular weight is 401 g/mol. The number of nitriles is 3. The molecule has 0 heterocycles. The predicted octanol–water partition coefficient (Wildman–Crippen LogP) is 2.58. The number of hydrogen-bond acceptors (Lipinski definition) is 13. The van der Waals surface area contributed by atoms with Crippen LogP contribution in [-0.2, 0) is 33.3 Å². The highest BCUT2D eigenvalue weighted by molar-refractivity contribution is 8.04. The SMILES string of the molecule is N#CSCCOOP(=O)(OOCCSC#N)OOCCSC#N. The number of thiocyanates is 3. The molecule has 0 radical (unpaired) electrons. The Morgan fingerprint density at radius 2 is 1.00 bits per heavy atom. The summed E-state index contributed by atoms with van der Waals surface area (Å²) in [6.45, 7) is -0.156. The molecule has 0 aliphatic rings. The third kappa shape index (κ3) is 14.8. The lowest BCUT2D eigenvalue weighted by Crippen LogP contribution is -2.07. The summed E-state index contributed by atoms with van der Waals surface area (Å²) in [4.78, 5) is 13.8. The maximum atomic E-state index is 12.1. The summed E-state index contributed by atoms with van der Waals surface area (Å²) < 4.78 is 25.5. The first-order chi connectivity index (χ1) is 11.2. The third-order valence-corrected chi connectivity index (χ3v) is 3.80. The van der Waals surface area contributed by atoms with Gasteiger partial charge in [0.05, 0.1) is 19.8 Å². The molecule has 0 spiro atoms. The van der Waals surface area contributed by atoms with Gasteiger partial charge < -0.3 is 0 Å². The molecule has 0 saturated heterocycles. The van der Waals surface area contributed by atoms with Crippen molar-refractivity contribution in [1.29, 1.82) is 15.8 Å². The Kier molecular flexibility index (Phi) is 16.0. The van der Waals surface area contributed by atoms with Crippen molar-refractivity contribution in [2.45, 2.75) is 0 Å². The minimum atomic E-state index is -4.31. The maximum absolute atomic E-state index is 12.1. The van der Waals surface area contributed by atoms with Gasteiger partial charge in [-0.3, -0.25) is 0 Å². The van der Waals surface area contributed by atoms with Gasteiger partial charge in [-0.05, 0) is 35.3 Å². The average Bonchev–Trinajstić information content (AvgIpc) is 2.54. The minimum absolute atomic E-state index is 0.0521. The van der Waals surface area contributed by atoms with Crippen LogP contribution in [-0.4, -0.2) is 37.1 Å². The first-order valence-corrected chi connectivity index (χ1v) is 10.2. The van der Waals surface area contributed by atoms with E-state index in [2.05, 4.69) is 28.7 Å². The lowest BCUT2D eigenvalue weighted by molar-refractivity contribution is -0.320. The smallest absolute Gasteiger partial charge is 0.225 e. The maximum Gasteiger partial charge on any atom is 0.556 e. The number of thioether (sulfide) groups is 3. The van der Waals surface area contributed by atoms with Gasteiger partial charge in [0, 0.05) is 17.3 Å². The highest BCUT2D eigenvalue weighted by Gasteiger charge is 2.32. The molecule has 23 heavy (non-hydrogen) atoms. The molecule has 0 aromatic carbocycles. The molecule has 0 bridgehead atoms. The van der Waals surface area contributed by atoms with E-state index in [1.54, 1.807) is 0 Å². The van der Waals surface area contributed by atoms with E-state index in [9.17, 15) is 4.57 Å². The van der Waals surface area contributed by atoms with Gasteiger partial charge in [0.25, 0.3) is 0 Å². The van der Waals surface area contributed by atoms with Gasteiger partial charge in [0.1, 0.15) is 16.2 Å². The molecule has 0 amide bonds. The van der Waals surface area contributed by atoms with Crippen LogP contribution < -0.4 is 0 Å². The zero-order valence-corrected chi connectivity index (χ0v) is 15.0. The number of phosphoric acid groups is 1. The summed E-state index contributed by atoms with van der Waals surface area (Å²) in [5, 5.41) is 30.4. The highest BCUT2D eigenvalue weighted by Crippen LogP contribution is 2.50. The summed E-state index contributed by atoms with van der Waals surface area (Å²) in [7, 11) is -4.31. The van der Waals surface area contributed by atoms with Crippen molar-refractivity contribution in [2.75, 3.05) is 37.1 Å². The van der Waals surface area contributed by atoms with Crippen molar-refractivity contribution >= 4 is 43.1 Å². The van der Waals surface area contributed by atoms with Crippen LogP contribution >= 0.6 is 43.1 Å². The van der Waals surface area contributed by atoms with Crippen LogP contribution in [0.4, 0.5) is 0 Å². The van der Waals surface area contributed by atoms with Gasteiger partial charge in [-0.25, -0.2) is 19.2 Å². The van der Waals surface area contributed by atoms with Crippen LogP contribution in [0.3, 0.4) is 0 Å². The quantitative estimate of drug-likeness (QED) is 0.130. The van der Waals surface area contributed by atoms with Crippen molar-refractivity contribution in [3.63, 3.8) is 0 Å². The van der Waals surface area contributed by atoms with E-state index < -0.39 is 7.82 Å². The first kappa shape index (κ1) is 22.5. The fourth-order valence-electron chi connectivity index (χ4n) is 0.707. The molecule has 0 N–H and O–H groups in total. The Morgan fingerprint density at radius 1 is 0.696 bits per heavy atom. The van der Waals surface area contributed by atoms with Gasteiger partial charge in [0.2, 0.25) is 0 Å². The molecule has 0 unspecified atom stereocenters. The van der Waals surface area contributed by atoms with E-state index in [-0.39, 0.29) is 37.1 Å². The molecular weight excluding hydrogens is 389 g/mol. The summed E-state index contributed by atoms with van der Waals surface area (Å²) in [6, 6.07) is 0. The molecule has 0 aromatic heterocycles. The summed E-state index contributed by atoms with van der Waals surface area (Å²) >= 11 is 2.74. The summed E-state index contributed by atoms with van der Waals surface area (Å²) in [6.07, 6.45) is 0. The van der Waals surface area contributed by atoms with Crippen molar-refractivity contribution < 1.29 is 33.3 Å². The molecule has 0 aliphatic carbocycles. The van der Waals surface area contributed by atoms with E-state index in [0.29, 0.717) is 0 Å². The largest absolute Gasteiger partial charge is 0.556 e. The van der Waals surface area contributed by atoms with Gasteiger partial charge in [-0.2, -0.15) is 15.8 Å². The monoisotopic (exact) mass is 401 g/mol. The van der Waals surface area contributed by atoms with E-state index in [1.807, 2.05) is 16.2 Å².